The lowest BCUT2D eigenvalue weighted by atomic mass is 9.94. The molecule has 0 spiro atoms. The number of rotatable bonds is 5. The molecule has 1 fully saturated rings. The fourth-order valence-corrected chi connectivity index (χ4v) is 2.52. The predicted octanol–water partition coefficient (Wildman–Crippen LogP) is 2.68. The zero-order valence-electron chi connectivity index (χ0n) is 12.3. The molecule has 1 aliphatic rings. The number of halogens is 1. The minimum atomic E-state index is -0.236. The predicted molar refractivity (Wildman–Crippen MR) is 80.5 cm³/mol. The van der Waals surface area contributed by atoms with Crippen LogP contribution in [0.15, 0.2) is 11.0 Å². The third-order valence-corrected chi connectivity index (χ3v) is 4.38. The summed E-state index contributed by atoms with van der Waals surface area (Å²) in [6.45, 7) is 7.48. The molecule has 0 saturated carbocycles. The lowest BCUT2D eigenvalue weighted by Gasteiger charge is -2.30. The van der Waals surface area contributed by atoms with Crippen LogP contribution in [0.25, 0.3) is 0 Å². The topological polar surface area (TPSA) is 56.1 Å². The Bertz CT molecular complexity index is 532. The van der Waals surface area contributed by atoms with Gasteiger partial charge in [0.15, 0.2) is 0 Å². The van der Waals surface area contributed by atoms with Gasteiger partial charge in [-0.1, -0.05) is 24.9 Å². The monoisotopic (exact) mass is 299 g/mol. The van der Waals surface area contributed by atoms with E-state index >= 15 is 0 Å². The number of ether oxygens (including phenoxy) is 1. The van der Waals surface area contributed by atoms with Gasteiger partial charge in [0.05, 0.1) is 23.5 Å². The highest BCUT2D eigenvalue weighted by Gasteiger charge is 2.37. The van der Waals surface area contributed by atoms with Crippen molar-refractivity contribution in [3.8, 4) is 0 Å². The summed E-state index contributed by atoms with van der Waals surface area (Å²) in [7, 11) is 0. The van der Waals surface area contributed by atoms with Gasteiger partial charge in [-0.2, -0.15) is 5.10 Å². The molecule has 112 valence electrons. The Morgan fingerprint density at radius 2 is 2.40 bits per heavy atom. The molecule has 20 heavy (non-hydrogen) atoms. The molecule has 2 heterocycles. The molecule has 0 radical (unpaired) electrons. The number of hydrogen-bond donors (Lipinski definition) is 1. The van der Waals surface area contributed by atoms with Gasteiger partial charge in [-0.15, -0.1) is 0 Å². The molecule has 1 N–H and O–H groups in total. The first-order valence-corrected chi connectivity index (χ1v) is 7.51. The fraction of sp³-hybridized carbons (Fsp3) is 0.714. The average Bonchev–Trinajstić information content (AvgIpc) is 2.74. The smallest absolute Gasteiger partial charge is 0.287 e. The van der Waals surface area contributed by atoms with Gasteiger partial charge in [0.25, 0.3) is 5.56 Å². The summed E-state index contributed by atoms with van der Waals surface area (Å²) < 4.78 is 7.00. The molecule has 2 rings (SSSR count). The van der Waals surface area contributed by atoms with Crippen molar-refractivity contribution in [1.29, 1.82) is 0 Å². The lowest BCUT2D eigenvalue weighted by molar-refractivity contribution is 0.105. The minimum Gasteiger partial charge on any atom is -0.376 e. The Morgan fingerprint density at radius 1 is 1.65 bits per heavy atom. The van der Waals surface area contributed by atoms with E-state index in [1.54, 1.807) is 6.20 Å². The number of hydrogen-bond acceptors (Lipinski definition) is 4. The van der Waals surface area contributed by atoms with Crippen molar-refractivity contribution in [2.75, 3.05) is 11.9 Å². The summed E-state index contributed by atoms with van der Waals surface area (Å²) in [5, 5.41) is 7.72. The number of anilines is 1. The Morgan fingerprint density at radius 3 is 3.00 bits per heavy atom. The molecular weight excluding hydrogens is 278 g/mol. The van der Waals surface area contributed by atoms with Crippen molar-refractivity contribution < 1.29 is 4.74 Å². The standard InChI is InChI=1S/C14H22ClN3O2/c1-4-5-7-18-13(19)12(15)11(9-16-18)17-14(3)6-8-20-10(14)2/h9-10,17H,4-8H2,1-3H3. The van der Waals surface area contributed by atoms with Crippen LogP contribution in [0.3, 0.4) is 0 Å². The molecule has 0 bridgehead atoms. The van der Waals surface area contributed by atoms with Gasteiger partial charge in [0, 0.05) is 13.2 Å². The third kappa shape index (κ3) is 2.99. The van der Waals surface area contributed by atoms with Gasteiger partial charge in [-0.25, -0.2) is 4.68 Å². The van der Waals surface area contributed by atoms with E-state index in [9.17, 15) is 4.79 Å². The fourth-order valence-electron chi connectivity index (χ4n) is 2.33. The molecule has 1 aromatic rings. The number of unbranched alkanes of at least 4 members (excludes halogenated alkanes) is 1. The van der Waals surface area contributed by atoms with Gasteiger partial charge < -0.3 is 10.1 Å². The van der Waals surface area contributed by atoms with Gasteiger partial charge in [-0.3, -0.25) is 4.79 Å². The Labute approximate surface area is 124 Å². The first-order valence-electron chi connectivity index (χ1n) is 7.13. The summed E-state index contributed by atoms with van der Waals surface area (Å²) in [5.74, 6) is 0. The average molecular weight is 300 g/mol. The maximum absolute atomic E-state index is 12.2. The molecule has 5 nitrogen and oxygen atoms in total. The van der Waals surface area contributed by atoms with Crippen LogP contribution in [0.1, 0.15) is 40.0 Å². The van der Waals surface area contributed by atoms with E-state index in [4.69, 9.17) is 16.3 Å². The van der Waals surface area contributed by atoms with E-state index in [1.165, 1.54) is 4.68 Å². The maximum atomic E-state index is 12.2. The van der Waals surface area contributed by atoms with Crippen LogP contribution in [-0.4, -0.2) is 28.0 Å². The largest absolute Gasteiger partial charge is 0.376 e. The van der Waals surface area contributed by atoms with Crippen molar-refractivity contribution >= 4 is 17.3 Å². The highest BCUT2D eigenvalue weighted by atomic mass is 35.5. The summed E-state index contributed by atoms with van der Waals surface area (Å²) in [5.41, 5.74) is 0.137. The number of aromatic nitrogens is 2. The third-order valence-electron chi connectivity index (χ3n) is 4.02. The van der Waals surface area contributed by atoms with Crippen LogP contribution in [0, 0.1) is 0 Å². The van der Waals surface area contributed by atoms with Crippen LogP contribution in [-0.2, 0) is 11.3 Å². The second-order valence-electron chi connectivity index (χ2n) is 5.56. The van der Waals surface area contributed by atoms with Gasteiger partial charge in [0.2, 0.25) is 0 Å². The number of nitrogens with one attached hydrogen (secondary N) is 1. The molecule has 1 saturated heterocycles. The van der Waals surface area contributed by atoms with E-state index in [0.29, 0.717) is 18.8 Å². The quantitative estimate of drug-likeness (QED) is 0.908. The van der Waals surface area contributed by atoms with E-state index < -0.39 is 0 Å². The number of aryl methyl sites for hydroxylation is 1. The SMILES string of the molecule is CCCCn1ncc(NC2(C)CCOC2C)c(Cl)c1=O. The van der Waals surface area contributed by atoms with Crippen LogP contribution in [0.5, 0.6) is 0 Å². The van der Waals surface area contributed by atoms with Crippen LogP contribution in [0.2, 0.25) is 5.02 Å². The summed E-state index contributed by atoms with van der Waals surface area (Å²) >= 11 is 6.19. The van der Waals surface area contributed by atoms with Crippen LogP contribution < -0.4 is 10.9 Å². The van der Waals surface area contributed by atoms with Crippen molar-refractivity contribution in [3.05, 3.63) is 21.6 Å². The summed E-state index contributed by atoms with van der Waals surface area (Å²) in [6, 6.07) is 0. The van der Waals surface area contributed by atoms with Crippen molar-refractivity contribution in [2.24, 2.45) is 0 Å². The summed E-state index contributed by atoms with van der Waals surface area (Å²) in [6.07, 6.45) is 4.51. The first-order chi connectivity index (χ1) is 9.48. The highest BCUT2D eigenvalue weighted by molar-refractivity contribution is 6.32. The lowest BCUT2D eigenvalue weighted by Crippen LogP contribution is -2.42. The van der Waals surface area contributed by atoms with E-state index in [2.05, 4.69) is 24.3 Å². The molecular formula is C14H22ClN3O2. The van der Waals surface area contributed by atoms with Crippen molar-refractivity contribution in [1.82, 2.24) is 9.78 Å². The van der Waals surface area contributed by atoms with Gasteiger partial charge in [-0.05, 0) is 26.7 Å². The maximum Gasteiger partial charge on any atom is 0.287 e. The molecule has 0 aromatic carbocycles. The Kier molecular flexibility index (Phi) is 4.70. The van der Waals surface area contributed by atoms with Crippen LogP contribution in [0.4, 0.5) is 5.69 Å². The molecule has 1 aromatic heterocycles. The van der Waals surface area contributed by atoms with Crippen molar-refractivity contribution in [2.45, 2.75) is 58.2 Å². The van der Waals surface area contributed by atoms with E-state index in [-0.39, 0.29) is 22.2 Å². The normalized spacial score (nSPS) is 25.9. The molecule has 6 heteroatoms. The first kappa shape index (κ1) is 15.3. The second kappa shape index (κ2) is 6.14. The van der Waals surface area contributed by atoms with Crippen LogP contribution >= 0.6 is 11.6 Å². The van der Waals surface area contributed by atoms with Gasteiger partial charge >= 0.3 is 0 Å². The Balaban J connectivity index is 2.21. The zero-order chi connectivity index (χ0) is 14.8. The molecule has 2 atom stereocenters. The van der Waals surface area contributed by atoms with Crippen molar-refractivity contribution in [3.63, 3.8) is 0 Å². The Hall–Kier alpha value is -1.07. The number of nitrogens with zero attached hydrogens (tertiary/aromatic N) is 2. The zero-order valence-corrected chi connectivity index (χ0v) is 13.0. The molecule has 1 aliphatic heterocycles. The van der Waals surface area contributed by atoms with E-state index in [0.717, 1.165) is 19.3 Å². The molecule has 0 aliphatic carbocycles. The second-order valence-corrected chi connectivity index (χ2v) is 5.94. The highest BCUT2D eigenvalue weighted by Crippen LogP contribution is 2.31. The van der Waals surface area contributed by atoms with Gasteiger partial charge in [0.1, 0.15) is 5.02 Å². The minimum absolute atomic E-state index is 0.0705. The molecule has 2 unspecified atom stereocenters. The van der Waals surface area contributed by atoms with E-state index in [1.807, 2.05) is 6.92 Å². The molecule has 0 amide bonds. The summed E-state index contributed by atoms with van der Waals surface area (Å²) in [4.78, 5) is 12.2.